The van der Waals surface area contributed by atoms with Gasteiger partial charge in [0.2, 0.25) is 0 Å². The van der Waals surface area contributed by atoms with Gasteiger partial charge in [-0.1, -0.05) is 42.5 Å². The van der Waals surface area contributed by atoms with E-state index in [0.717, 1.165) is 24.8 Å². The molecule has 0 heterocycles. The lowest BCUT2D eigenvalue weighted by molar-refractivity contribution is 0.0963. The predicted octanol–water partition coefficient (Wildman–Crippen LogP) is 3.20. The van der Waals surface area contributed by atoms with Gasteiger partial charge in [-0.25, -0.2) is 4.79 Å². The Morgan fingerprint density at radius 2 is 1.68 bits per heavy atom. The fourth-order valence-electron chi connectivity index (χ4n) is 2.86. The molecule has 0 aromatic heterocycles. The summed E-state index contributed by atoms with van der Waals surface area (Å²) in [5.41, 5.74) is 2.89. The SMILES string of the molecule is O=C(NC(=O)c1ccccc1)NC1CCCc2ccccc21. The second-order valence-electron chi connectivity index (χ2n) is 5.44. The standard InChI is InChI=1S/C18H18N2O2/c21-17(14-8-2-1-3-9-14)20-18(22)19-16-12-6-10-13-7-4-5-11-15(13)16/h1-5,7-9,11,16H,6,10,12H2,(H2,19,20,21,22). The molecule has 3 amide bonds. The van der Waals surface area contributed by atoms with E-state index < -0.39 is 6.03 Å². The van der Waals surface area contributed by atoms with Crippen molar-refractivity contribution in [2.45, 2.75) is 25.3 Å². The number of hydrogen-bond acceptors (Lipinski definition) is 2. The summed E-state index contributed by atoms with van der Waals surface area (Å²) < 4.78 is 0. The number of amides is 3. The average Bonchev–Trinajstić information content (AvgIpc) is 2.56. The Morgan fingerprint density at radius 1 is 0.955 bits per heavy atom. The number of carbonyl (C=O) groups excluding carboxylic acids is 2. The number of benzene rings is 2. The molecular formula is C18H18N2O2. The maximum absolute atomic E-state index is 12.1. The Labute approximate surface area is 129 Å². The molecule has 2 aromatic carbocycles. The first kappa shape index (κ1) is 14.3. The summed E-state index contributed by atoms with van der Waals surface area (Å²) in [5.74, 6) is -0.387. The van der Waals surface area contributed by atoms with E-state index in [-0.39, 0.29) is 11.9 Å². The molecule has 1 atom stereocenters. The molecule has 0 spiro atoms. The number of carbonyl (C=O) groups is 2. The number of nitrogens with one attached hydrogen (secondary N) is 2. The monoisotopic (exact) mass is 294 g/mol. The van der Waals surface area contributed by atoms with Crippen LogP contribution in [0, 0.1) is 0 Å². The van der Waals surface area contributed by atoms with Crippen LogP contribution in [-0.4, -0.2) is 11.9 Å². The summed E-state index contributed by atoms with van der Waals surface area (Å²) >= 11 is 0. The van der Waals surface area contributed by atoms with Gasteiger partial charge >= 0.3 is 6.03 Å². The zero-order valence-electron chi connectivity index (χ0n) is 12.2. The number of imide groups is 1. The number of rotatable bonds is 2. The van der Waals surface area contributed by atoms with Crippen molar-refractivity contribution >= 4 is 11.9 Å². The van der Waals surface area contributed by atoms with Gasteiger partial charge in [0.05, 0.1) is 6.04 Å². The number of hydrogen-bond donors (Lipinski definition) is 2. The average molecular weight is 294 g/mol. The highest BCUT2D eigenvalue weighted by atomic mass is 16.2. The molecule has 4 nitrogen and oxygen atoms in total. The largest absolute Gasteiger partial charge is 0.331 e. The number of fused-ring (bicyclic) bond motifs is 1. The van der Waals surface area contributed by atoms with Gasteiger partial charge in [0, 0.05) is 5.56 Å². The molecule has 0 saturated heterocycles. The topological polar surface area (TPSA) is 58.2 Å². The Balaban J connectivity index is 1.65. The lowest BCUT2D eigenvalue weighted by Crippen LogP contribution is -2.42. The summed E-state index contributed by atoms with van der Waals surface area (Å²) in [7, 11) is 0. The van der Waals surface area contributed by atoms with E-state index >= 15 is 0 Å². The van der Waals surface area contributed by atoms with E-state index in [1.54, 1.807) is 24.3 Å². The molecule has 2 aromatic rings. The van der Waals surface area contributed by atoms with E-state index in [9.17, 15) is 9.59 Å². The fraction of sp³-hybridized carbons (Fsp3) is 0.222. The fourth-order valence-corrected chi connectivity index (χ4v) is 2.86. The van der Waals surface area contributed by atoms with E-state index in [1.165, 1.54) is 5.56 Å². The van der Waals surface area contributed by atoms with Gasteiger partial charge in [0.1, 0.15) is 0 Å². The molecular weight excluding hydrogens is 276 g/mol. The van der Waals surface area contributed by atoms with Gasteiger partial charge in [-0.05, 0) is 42.5 Å². The molecule has 0 saturated carbocycles. The van der Waals surface area contributed by atoms with Gasteiger partial charge < -0.3 is 5.32 Å². The Kier molecular flexibility index (Phi) is 4.19. The molecule has 0 aliphatic heterocycles. The second-order valence-corrected chi connectivity index (χ2v) is 5.44. The van der Waals surface area contributed by atoms with Crippen LogP contribution in [0.4, 0.5) is 4.79 Å². The van der Waals surface area contributed by atoms with Crippen LogP contribution in [0.2, 0.25) is 0 Å². The zero-order chi connectivity index (χ0) is 15.4. The third-order valence-corrected chi connectivity index (χ3v) is 3.94. The van der Waals surface area contributed by atoms with E-state index in [0.29, 0.717) is 5.56 Å². The van der Waals surface area contributed by atoms with Gasteiger partial charge in [-0.3, -0.25) is 10.1 Å². The van der Waals surface area contributed by atoms with Gasteiger partial charge in [-0.2, -0.15) is 0 Å². The third-order valence-electron chi connectivity index (χ3n) is 3.94. The maximum Gasteiger partial charge on any atom is 0.322 e. The van der Waals surface area contributed by atoms with E-state index in [4.69, 9.17) is 0 Å². The molecule has 3 rings (SSSR count). The first-order valence-electron chi connectivity index (χ1n) is 7.49. The second kappa shape index (κ2) is 6.43. The van der Waals surface area contributed by atoms with Crippen molar-refractivity contribution in [3.05, 3.63) is 71.3 Å². The molecule has 1 unspecified atom stereocenters. The predicted molar refractivity (Wildman–Crippen MR) is 84.6 cm³/mol. The van der Waals surface area contributed by atoms with Crippen LogP contribution >= 0.6 is 0 Å². The Bertz CT molecular complexity index is 682. The summed E-state index contributed by atoms with van der Waals surface area (Å²) in [5, 5.41) is 5.29. The highest BCUT2D eigenvalue weighted by Crippen LogP contribution is 2.29. The molecule has 4 heteroatoms. The first-order valence-corrected chi connectivity index (χ1v) is 7.49. The van der Waals surface area contributed by atoms with Gasteiger partial charge in [0.25, 0.3) is 5.91 Å². The van der Waals surface area contributed by atoms with Crippen LogP contribution in [0.1, 0.15) is 40.4 Å². The Morgan fingerprint density at radius 3 is 2.50 bits per heavy atom. The summed E-state index contributed by atoms with van der Waals surface area (Å²) in [6.45, 7) is 0. The van der Waals surface area contributed by atoms with Gasteiger partial charge in [-0.15, -0.1) is 0 Å². The quantitative estimate of drug-likeness (QED) is 0.893. The minimum atomic E-state index is -0.449. The third kappa shape index (κ3) is 3.17. The summed E-state index contributed by atoms with van der Waals surface area (Å²) in [4.78, 5) is 24.0. The molecule has 0 fully saturated rings. The molecule has 0 radical (unpaired) electrons. The first-order chi connectivity index (χ1) is 10.7. The van der Waals surface area contributed by atoms with Crippen molar-refractivity contribution in [2.24, 2.45) is 0 Å². The molecule has 1 aliphatic rings. The van der Waals surface area contributed by atoms with Crippen LogP contribution in [-0.2, 0) is 6.42 Å². The normalized spacial score (nSPS) is 16.5. The van der Waals surface area contributed by atoms with Crippen LogP contribution < -0.4 is 10.6 Å². The zero-order valence-corrected chi connectivity index (χ0v) is 12.2. The number of urea groups is 1. The minimum absolute atomic E-state index is 0.0338. The van der Waals surface area contributed by atoms with Crippen molar-refractivity contribution in [1.82, 2.24) is 10.6 Å². The Hall–Kier alpha value is -2.62. The molecule has 1 aliphatic carbocycles. The van der Waals surface area contributed by atoms with Crippen molar-refractivity contribution in [1.29, 1.82) is 0 Å². The van der Waals surface area contributed by atoms with Gasteiger partial charge in [0.15, 0.2) is 0 Å². The van der Waals surface area contributed by atoms with Crippen molar-refractivity contribution < 1.29 is 9.59 Å². The summed E-state index contributed by atoms with van der Waals surface area (Å²) in [6, 6.07) is 16.4. The van der Waals surface area contributed by atoms with Crippen molar-refractivity contribution in [2.75, 3.05) is 0 Å². The van der Waals surface area contributed by atoms with Crippen LogP contribution in [0.5, 0.6) is 0 Å². The van der Waals surface area contributed by atoms with Crippen molar-refractivity contribution in [3.63, 3.8) is 0 Å². The molecule has 2 N–H and O–H groups in total. The molecule has 112 valence electrons. The van der Waals surface area contributed by atoms with E-state index in [1.807, 2.05) is 24.3 Å². The number of aryl methyl sites for hydroxylation is 1. The lowest BCUT2D eigenvalue weighted by Gasteiger charge is -2.26. The maximum atomic E-state index is 12.1. The smallest absolute Gasteiger partial charge is 0.322 e. The molecule has 22 heavy (non-hydrogen) atoms. The highest BCUT2D eigenvalue weighted by molar-refractivity contribution is 6.04. The van der Waals surface area contributed by atoms with Crippen LogP contribution in [0.15, 0.2) is 54.6 Å². The summed E-state index contributed by atoms with van der Waals surface area (Å²) in [6.07, 6.45) is 2.97. The van der Waals surface area contributed by atoms with Crippen molar-refractivity contribution in [3.8, 4) is 0 Å². The highest BCUT2D eigenvalue weighted by Gasteiger charge is 2.22. The van der Waals surface area contributed by atoms with Crippen LogP contribution in [0.25, 0.3) is 0 Å². The lowest BCUT2D eigenvalue weighted by atomic mass is 9.88. The molecule has 0 bridgehead atoms. The minimum Gasteiger partial charge on any atom is -0.331 e. The van der Waals surface area contributed by atoms with E-state index in [2.05, 4.69) is 16.7 Å². The van der Waals surface area contributed by atoms with Crippen LogP contribution in [0.3, 0.4) is 0 Å².